The van der Waals surface area contributed by atoms with E-state index < -0.39 is 6.09 Å². The summed E-state index contributed by atoms with van der Waals surface area (Å²) in [4.78, 5) is 27.3. The number of hydrogen-bond acceptors (Lipinski definition) is 4. The Hall–Kier alpha value is -2.69. The predicted octanol–water partition coefficient (Wildman–Crippen LogP) is 2.68. The van der Waals surface area contributed by atoms with Crippen molar-refractivity contribution in [1.29, 1.82) is 0 Å². The molecule has 0 bridgehead atoms. The lowest BCUT2D eigenvalue weighted by molar-refractivity contribution is -0.110. The second kappa shape index (κ2) is 5.77. The molecule has 0 aromatic heterocycles. The molecule has 0 heterocycles. The van der Waals surface area contributed by atoms with Crippen LogP contribution in [0, 0.1) is 0 Å². The Morgan fingerprint density at radius 2 is 1.95 bits per heavy atom. The summed E-state index contributed by atoms with van der Waals surface area (Å²) in [5.41, 5.74) is 1.72. The van der Waals surface area contributed by atoms with Gasteiger partial charge in [-0.25, -0.2) is 4.79 Å². The molecule has 1 aromatic carbocycles. The van der Waals surface area contributed by atoms with E-state index in [0.717, 1.165) is 0 Å². The van der Waals surface area contributed by atoms with Gasteiger partial charge in [0.1, 0.15) is 5.71 Å². The third kappa shape index (κ3) is 3.64. The van der Waals surface area contributed by atoms with Crippen molar-refractivity contribution in [3.63, 3.8) is 0 Å². The second-order valence-electron chi connectivity index (χ2n) is 3.91. The van der Waals surface area contributed by atoms with Gasteiger partial charge >= 0.3 is 6.09 Å². The summed E-state index contributed by atoms with van der Waals surface area (Å²) < 4.78 is 0. The Bertz CT molecular complexity index is 586. The van der Waals surface area contributed by atoms with Crippen LogP contribution >= 0.6 is 0 Å². The van der Waals surface area contributed by atoms with E-state index in [4.69, 9.17) is 4.84 Å². The van der Waals surface area contributed by atoms with E-state index in [9.17, 15) is 9.59 Å². The van der Waals surface area contributed by atoms with Gasteiger partial charge in [-0.3, -0.25) is 14.9 Å². The molecular weight excluding hydrogens is 244 g/mol. The largest absolute Gasteiger partial charge is 0.437 e. The molecule has 0 saturated carbocycles. The van der Waals surface area contributed by atoms with E-state index >= 15 is 0 Å². The molecule has 0 saturated heterocycles. The number of nitrogens with zero attached hydrogens (tertiary/aromatic N) is 1. The Morgan fingerprint density at radius 3 is 2.63 bits per heavy atom. The summed E-state index contributed by atoms with van der Waals surface area (Å²) in [6.45, 7) is 1.72. The first kappa shape index (κ1) is 12.8. The number of nitrogens with one attached hydrogen (secondary N) is 1. The standard InChI is InChI=1S/C14H12N2O3/c1-10-9-12(17)7-8-13(10)16-19-14(18)15-11-5-3-2-4-6-11/h2-9H,1H3,(H,15,18). The lowest BCUT2D eigenvalue weighted by Gasteiger charge is -2.06. The van der Waals surface area contributed by atoms with E-state index in [1.54, 1.807) is 31.2 Å². The minimum absolute atomic E-state index is 0.106. The van der Waals surface area contributed by atoms with Crippen molar-refractivity contribution in [3.05, 3.63) is 54.1 Å². The van der Waals surface area contributed by atoms with Gasteiger partial charge in [0.05, 0.1) is 0 Å². The van der Waals surface area contributed by atoms with E-state index in [1.807, 2.05) is 6.07 Å². The number of amides is 1. The van der Waals surface area contributed by atoms with Crippen LogP contribution in [-0.2, 0) is 9.63 Å². The maximum Gasteiger partial charge on any atom is 0.437 e. The van der Waals surface area contributed by atoms with Gasteiger partial charge in [0, 0.05) is 5.69 Å². The van der Waals surface area contributed by atoms with Gasteiger partial charge in [-0.15, -0.1) is 0 Å². The normalized spacial score (nSPS) is 16.2. The van der Waals surface area contributed by atoms with Crippen LogP contribution in [0.15, 0.2) is 59.3 Å². The molecule has 1 aliphatic carbocycles. The Labute approximate surface area is 110 Å². The maximum absolute atomic E-state index is 11.5. The number of benzene rings is 1. The number of oxime groups is 1. The number of hydrogen-bond donors (Lipinski definition) is 1. The molecule has 0 fully saturated rings. The molecular formula is C14H12N2O3. The van der Waals surface area contributed by atoms with Crippen molar-refractivity contribution in [2.24, 2.45) is 5.16 Å². The third-order valence-corrected chi connectivity index (χ3v) is 2.42. The summed E-state index contributed by atoms with van der Waals surface area (Å²) in [5, 5.41) is 6.22. The van der Waals surface area contributed by atoms with Crippen molar-refractivity contribution in [3.8, 4) is 0 Å². The fraction of sp³-hybridized carbons (Fsp3) is 0.0714. The zero-order chi connectivity index (χ0) is 13.7. The number of carbonyl (C=O) groups is 2. The average molecular weight is 256 g/mol. The molecule has 1 amide bonds. The summed E-state index contributed by atoms with van der Waals surface area (Å²) in [6.07, 6.45) is 3.62. The van der Waals surface area contributed by atoms with Crippen LogP contribution in [0.25, 0.3) is 0 Å². The van der Waals surface area contributed by atoms with Gasteiger partial charge in [-0.05, 0) is 42.9 Å². The highest BCUT2D eigenvalue weighted by atomic mass is 16.7. The first-order valence-electron chi connectivity index (χ1n) is 5.67. The van der Waals surface area contributed by atoms with Crippen molar-refractivity contribution in [2.75, 3.05) is 5.32 Å². The van der Waals surface area contributed by atoms with Gasteiger partial charge in [0.15, 0.2) is 5.78 Å². The molecule has 1 aliphatic rings. The summed E-state index contributed by atoms with van der Waals surface area (Å²) in [6, 6.07) is 8.90. The highest BCUT2D eigenvalue weighted by Gasteiger charge is 2.09. The molecule has 0 radical (unpaired) electrons. The van der Waals surface area contributed by atoms with Crippen LogP contribution < -0.4 is 5.32 Å². The second-order valence-corrected chi connectivity index (χ2v) is 3.91. The van der Waals surface area contributed by atoms with Crippen LogP contribution in [0.4, 0.5) is 10.5 Å². The van der Waals surface area contributed by atoms with Crippen LogP contribution in [-0.4, -0.2) is 17.6 Å². The average Bonchev–Trinajstić information content (AvgIpc) is 2.39. The van der Waals surface area contributed by atoms with E-state index in [0.29, 0.717) is 17.0 Å². The number of anilines is 1. The molecule has 5 heteroatoms. The van der Waals surface area contributed by atoms with Gasteiger partial charge < -0.3 is 0 Å². The lowest BCUT2D eigenvalue weighted by atomic mass is 10.1. The molecule has 5 nitrogen and oxygen atoms in total. The van der Waals surface area contributed by atoms with E-state index in [-0.39, 0.29) is 5.78 Å². The number of rotatable bonds is 2. The first-order chi connectivity index (χ1) is 9.15. The van der Waals surface area contributed by atoms with Crippen molar-refractivity contribution in [1.82, 2.24) is 0 Å². The van der Waals surface area contributed by atoms with Crippen molar-refractivity contribution >= 4 is 23.3 Å². The predicted molar refractivity (Wildman–Crippen MR) is 71.9 cm³/mol. The molecule has 0 aliphatic heterocycles. The fourth-order valence-electron chi connectivity index (χ4n) is 1.48. The van der Waals surface area contributed by atoms with Gasteiger partial charge in [-0.2, -0.15) is 0 Å². The molecule has 0 unspecified atom stereocenters. The zero-order valence-corrected chi connectivity index (χ0v) is 10.3. The van der Waals surface area contributed by atoms with E-state index in [1.165, 1.54) is 18.2 Å². The number of para-hydroxylation sites is 1. The molecule has 19 heavy (non-hydrogen) atoms. The number of ketones is 1. The number of carbonyl (C=O) groups excluding carboxylic acids is 2. The third-order valence-electron chi connectivity index (χ3n) is 2.42. The SMILES string of the molecule is CC1=CC(=O)C=CC1=NOC(=O)Nc1ccccc1. The number of allylic oxidation sites excluding steroid dienone is 4. The first-order valence-corrected chi connectivity index (χ1v) is 5.67. The van der Waals surface area contributed by atoms with Crippen molar-refractivity contribution in [2.45, 2.75) is 6.92 Å². The Kier molecular flexibility index (Phi) is 3.87. The van der Waals surface area contributed by atoms with Gasteiger partial charge in [0.2, 0.25) is 0 Å². The van der Waals surface area contributed by atoms with Crippen LogP contribution in [0.2, 0.25) is 0 Å². The highest BCUT2D eigenvalue weighted by molar-refractivity contribution is 6.19. The fourth-order valence-corrected chi connectivity index (χ4v) is 1.48. The topological polar surface area (TPSA) is 67.8 Å². The molecule has 1 aromatic rings. The molecule has 96 valence electrons. The zero-order valence-electron chi connectivity index (χ0n) is 10.3. The molecule has 2 rings (SSSR count). The van der Waals surface area contributed by atoms with Crippen molar-refractivity contribution < 1.29 is 14.4 Å². The minimum atomic E-state index is -0.684. The summed E-state index contributed by atoms with van der Waals surface area (Å²) in [7, 11) is 0. The maximum atomic E-state index is 11.5. The monoisotopic (exact) mass is 256 g/mol. The van der Waals surface area contributed by atoms with E-state index in [2.05, 4.69) is 10.5 Å². The molecule has 0 atom stereocenters. The Morgan fingerprint density at radius 1 is 1.21 bits per heavy atom. The van der Waals surface area contributed by atoms with Gasteiger partial charge in [-0.1, -0.05) is 23.4 Å². The quantitative estimate of drug-likeness (QED) is 0.502. The molecule has 1 N–H and O–H groups in total. The van der Waals surface area contributed by atoms with Crippen LogP contribution in [0.1, 0.15) is 6.92 Å². The summed E-state index contributed by atoms with van der Waals surface area (Å²) in [5.74, 6) is -0.106. The lowest BCUT2D eigenvalue weighted by Crippen LogP contribution is -2.13. The minimum Gasteiger partial charge on any atom is -0.297 e. The highest BCUT2D eigenvalue weighted by Crippen LogP contribution is 2.08. The van der Waals surface area contributed by atoms with Crippen LogP contribution in [0.3, 0.4) is 0 Å². The van der Waals surface area contributed by atoms with Gasteiger partial charge in [0.25, 0.3) is 0 Å². The molecule has 0 spiro atoms. The smallest absolute Gasteiger partial charge is 0.297 e. The van der Waals surface area contributed by atoms with Crippen LogP contribution in [0.5, 0.6) is 0 Å². The Balaban J connectivity index is 1.95. The summed E-state index contributed by atoms with van der Waals surface area (Å²) >= 11 is 0.